The van der Waals surface area contributed by atoms with Gasteiger partial charge >= 0.3 is 5.97 Å². The molecule has 2 N–H and O–H groups in total. The molecule has 0 fully saturated rings. The van der Waals surface area contributed by atoms with Crippen molar-refractivity contribution in [2.75, 3.05) is 18.2 Å². The van der Waals surface area contributed by atoms with Crippen molar-refractivity contribution in [2.24, 2.45) is 0 Å². The second-order valence-electron chi connectivity index (χ2n) is 3.17. The van der Waals surface area contributed by atoms with Gasteiger partial charge in [-0.3, -0.25) is 0 Å². The number of nitrogen functional groups attached to an aromatic ring is 1. The maximum atomic E-state index is 11.5. The van der Waals surface area contributed by atoms with E-state index in [2.05, 4.69) is 15.9 Å². The summed E-state index contributed by atoms with van der Waals surface area (Å²) < 4.78 is 4.71. The van der Waals surface area contributed by atoms with Crippen molar-refractivity contribution in [3.05, 3.63) is 29.3 Å². The molecule has 0 amide bonds. The Morgan fingerprint density at radius 1 is 1.53 bits per heavy atom. The molecule has 0 saturated carbocycles. The number of benzene rings is 1. The van der Waals surface area contributed by atoms with Crippen molar-refractivity contribution in [3.63, 3.8) is 0 Å². The van der Waals surface area contributed by atoms with Crippen LogP contribution in [0.1, 0.15) is 22.3 Å². The molecule has 82 valence electrons. The van der Waals surface area contributed by atoms with E-state index in [9.17, 15) is 4.79 Å². The lowest BCUT2D eigenvalue weighted by Gasteiger charge is -2.09. The first-order valence-corrected chi connectivity index (χ1v) is 5.84. The van der Waals surface area contributed by atoms with Crippen LogP contribution in [0.5, 0.6) is 0 Å². The fraction of sp³-hybridized carbons (Fsp3) is 0.364. The molecule has 1 aromatic rings. The van der Waals surface area contributed by atoms with Crippen LogP contribution in [0, 0.1) is 0 Å². The number of rotatable bonds is 4. The monoisotopic (exact) mass is 271 g/mol. The predicted octanol–water partition coefficient (Wildman–Crippen LogP) is 2.38. The van der Waals surface area contributed by atoms with Gasteiger partial charge in [0.2, 0.25) is 0 Å². The lowest BCUT2D eigenvalue weighted by molar-refractivity contribution is 0.0600. The van der Waals surface area contributed by atoms with Gasteiger partial charge in [-0.05, 0) is 24.5 Å². The number of anilines is 1. The Morgan fingerprint density at radius 2 is 2.27 bits per heavy atom. The molecule has 0 aliphatic rings. The zero-order valence-electron chi connectivity index (χ0n) is 8.63. The summed E-state index contributed by atoms with van der Waals surface area (Å²) in [6.07, 6.45) is 1.79. The van der Waals surface area contributed by atoms with Crippen LogP contribution in [-0.4, -0.2) is 18.4 Å². The SMILES string of the molecule is COC(=O)c1c(N)cccc1CCCBr. The van der Waals surface area contributed by atoms with Crippen LogP contribution in [0.3, 0.4) is 0 Å². The lowest BCUT2D eigenvalue weighted by Crippen LogP contribution is -2.09. The van der Waals surface area contributed by atoms with Crippen molar-refractivity contribution >= 4 is 27.6 Å². The largest absolute Gasteiger partial charge is 0.465 e. The van der Waals surface area contributed by atoms with Crippen molar-refractivity contribution in [1.29, 1.82) is 0 Å². The number of carbonyl (C=O) groups excluding carboxylic acids is 1. The minimum atomic E-state index is -0.363. The number of halogens is 1. The number of carbonyl (C=O) groups is 1. The van der Waals surface area contributed by atoms with E-state index in [1.807, 2.05) is 12.1 Å². The van der Waals surface area contributed by atoms with Crippen LogP contribution >= 0.6 is 15.9 Å². The van der Waals surface area contributed by atoms with E-state index in [-0.39, 0.29) is 5.97 Å². The second kappa shape index (κ2) is 5.75. The highest BCUT2D eigenvalue weighted by Crippen LogP contribution is 2.19. The Kier molecular flexibility index (Phi) is 4.62. The van der Waals surface area contributed by atoms with Gasteiger partial charge in [-0.25, -0.2) is 4.79 Å². The van der Waals surface area contributed by atoms with Gasteiger partial charge in [-0.2, -0.15) is 0 Å². The molecule has 0 saturated heterocycles. The standard InChI is InChI=1S/C11H14BrNO2/c1-15-11(14)10-8(5-3-7-12)4-2-6-9(10)13/h2,4,6H,3,5,7,13H2,1H3. The van der Waals surface area contributed by atoms with Gasteiger partial charge < -0.3 is 10.5 Å². The molecule has 15 heavy (non-hydrogen) atoms. The molecular formula is C11H14BrNO2. The Bertz CT molecular complexity index is 352. The number of alkyl halides is 1. The van der Waals surface area contributed by atoms with Crippen LogP contribution in [-0.2, 0) is 11.2 Å². The summed E-state index contributed by atoms with van der Waals surface area (Å²) >= 11 is 3.36. The molecule has 1 rings (SSSR count). The van der Waals surface area contributed by atoms with Crippen LogP contribution in [0.25, 0.3) is 0 Å². The summed E-state index contributed by atoms with van der Waals surface area (Å²) in [7, 11) is 1.36. The summed E-state index contributed by atoms with van der Waals surface area (Å²) in [5.74, 6) is -0.363. The Morgan fingerprint density at radius 3 is 2.87 bits per heavy atom. The van der Waals surface area contributed by atoms with E-state index >= 15 is 0 Å². The number of hydrogen-bond donors (Lipinski definition) is 1. The third-order valence-electron chi connectivity index (χ3n) is 2.15. The topological polar surface area (TPSA) is 52.3 Å². The maximum absolute atomic E-state index is 11.5. The van der Waals surface area contributed by atoms with Crippen molar-refractivity contribution in [1.82, 2.24) is 0 Å². The number of methoxy groups -OCH3 is 1. The summed E-state index contributed by atoms with van der Waals surface area (Å²) in [4.78, 5) is 11.5. The molecule has 0 aliphatic heterocycles. The number of nitrogens with two attached hydrogens (primary N) is 1. The molecule has 0 atom stereocenters. The molecule has 0 bridgehead atoms. The highest BCUT2D eigenvalue weighted by molar-refractivity contribution is 9.09. The summed E-state index contributed by atoms with van der Waals surface area (Å²) in [5, 5.41) is 0.905. The average Bonchev–Trinajstić information content (AvgIpc) is 2.25. The van der Waals surface area contributed by atoms with E-state index in [4.69, 9.17) is 10.5 Å². The van der Waals surface area contributed by atoms with Crippen LogP contribution in [0.2, 0.25) is 0 Å². The fourth-order valence-electron chi connectivity index (χ4n) is 1.44. The first kappa shape index (κ1) is 12.0. The van der Waals surface area contributed by atoms with Gasteiger partial charge in [0, 0.05) is 11.0 Å². The first-order chi connectivity index (χ1) is 7.20. The van der Waals surface area contributed by atoms with E-state index in [0.717, 1.165) is 23.7 Å². The zero-order valence-corrected chi connectivity index (χ0v) is 10.2. The number of esters is 1. The molecular weight excluding hydrogens is 258 g/mol. The van der Waals surface area contributed by atoms with Gasteiger partial charge in [-0.15, -0.1) is 0 Å². The van der Waals surface area contributed by atoms with Gasteiger partial charge in [0.05, 0.1) is 12.7 Å². The molecule has 0 heterocycles. The molecule has 0 spiro atoms. The Balaban J connectivity index is 3.03. The van der Waals surface area contributed by atoms with Crippen molar-refractivity contribution in [2.45, 2.75) is 12.8 Å². The highest BCUT2D eigenvalue weighted by atomic mass is 79.9. The molecule has 1 aromatic carbocycles. The number of hydrogen-bond acceptors (Lipinski definition) is 3. The van der Waals surface area contributed by atoms with E-state index in [1.54, 1.807) is 6.07 Å². The normalized spacial score (nSPS) is 10.0. The first-order valence-electron chi connectivity index (χ1n) is 4.72. The second-order valence-corrected chi connectivity index (χ2v) is 3.96. The van der Waals surface area contributed by atoms with E-state index in [1.165, 1.54) is 7.11 Å². The van der Waals surface area contributed by atoms with Crippen molar-refractivity contribution in [3.8, 4) is 0 Å². The van der Waals surface area contributed by atoms with Gasteiger partial charge in [0.15, 0.2) is 0 Å². The molecule has 4 heteroatoms. The summed E-state index contributed by atoms with van der Waals surface area (Å²) in [6.45, 7) is 0. The summed E-state index contributed by atoms with van der Waals surface area (Å²) in [5.41, 5.74) is 7.68. The highest BCUT2D eigenvalue weighted by Gasteiger charge is 2.14. The van der Waals surface area contributed by atoms with Crippen molar-refractivity contribution < 1.29 is 9.53 Å². The zero-order chi connectivity index (χ0) is 11.3. The minimum absolute atomic E-state index is 0.363. The predicted molar refractivity (Wildman–Crippen MR) is 64.3 cm³/mol. The molecule has 0 aromatic heterocycles. The third-order valence-corrected chi connectivity index (χ3v) is 2.71. The van der Waals surface area contributed by atoms with E-state index in [0.29, 0.717) is 11.3 Å². The Labute approximate surface area is 97.7 Å². The third kappa shape index (κ3) is 2.96. The molecule has 0 aliphatic carbocycles. The minimum Gasteiger partial charge on any atom is -0.465 e. The van der Waals surface area contributed by atoms with Gasteiger partial charge in [0.25, 0.3) is 0 Å². The molecule has 0 unspecified atom stereocenters. The molecule has 0 radical (unpaired) electrons. The molecule has 3 nitrogen and oxygen atoms in total. The Hall–Kier alpha value is -1.03. The van der Waals surface area contributed by atoms with Crippen LogP contribution < -0.4 is 5.73 Å². The smallest absolute Gasteiger partial charge is 0.340 e. The van der Waals surface area contributed by atoms with Gasteiger partial charge in [-0.1, -0.05) is 28.1 Å². The van der Waals surface area contributed by atoms with Crippen LogP contribution in [0.15, 0.2) is 18.2 Å². The van der Waals surface area contributed by atoms with Gasteiger partial charge in [0.1, 0.15) is 0 Å². The fourth-order valence-corrected chi connectivity index (χ4v) is 1.72. The summed E-state index contributed by atoms with van der Waals surface area (Å²) in [6, 6.07) is 5.47. The van der Waals surface area contributed by atoms with Crippen LogP contribution in [0.4, 0.5) is 5.69 Å². The number of aryl methyl sites for hydroxylation is 1. The quantitative estimate of drug-likeness (QED) is 0.520. The van der Waals surface area contributed by atoms with E-state index < -0.39 is 0 Å². The average molecular weight is 272 g/mol. The lowest BCUT2D eigenvalue weighted by atomic mass is 10.0. The number of ether oxygens (including phenoxy) is 1. The maximum Gasteiger partial charge on any atom is 0.340 e.